The van der Waals surface area contributed by atoms with Crippen molar-refractivity contribution in [1.82, 2.24) is 15.2 Å². The van der Waals surface area contributed by atoms with E-state index in [4.69, 9.17) is 10.6 Å². The second-order valence-corrected chi connectivity index (χ2v) is 4.99. The predicted molar refractivity (Wildman–Crippen MR) is 77.5 cm³/mol. The SMILES string of the molecule is CN1CCN(CCOc2ccc(C(=O)NN)cc2)CC1. The molecular weight excluding hydrogens is 256 g/mol. The molecule has 1 aliphatic rings. The standard InChI is InChI=1S/C14H22N4O2/c1-17-6-8-18(9-7-17)10-11-20-13-4-2-12(3-5-13)14(19)16-15/h2-5H,6-11,15H2,1H3,(H,16,19). The molecule has 2 rings (SSSR count). The normalized spacial score (nSPS) is 16.9. The molecule has 1 aromatic carbocycles. The number of hydrogen-bond donors (Lipinski definition) is 2. The van der Waals surface area contributed by atoms with Crippen molar-refractivity contribution >= 4 is 5.91 Å². The largest absolute Gasteiger partial charge is 0.492 e. The van der Waals surface area contributed by atoms with Crippen molar-refractivity contribution in [2.24, 2.45) is 5.84 Å². The number of ether oxygens (including phenoxy) is 1. The molecule has 0 unspecified atom stereocenters. The summed E-state index contributed by atoms with van der Waals surface area (Å²) in [5.74, 6) is 5.55. The average Bonchev–Trinajstić information content (AvgIpc) is 2.49. The first-order valence-electron chi connectivity index (χ1n) is 6.84. The van der Waals surface area contributed by atoms with E-state index in [1.165, 1.54) is 0 Å². The van der Waals surface area contributed by atoms with Crippen LogP contribution in [0.4, 0.5) is 0 Å². The van der Waals surface area contributed by atoms with E-state index < -0.39 is 0 Å². The van der Waals surface area contributed by atoms with E-state index in [9.17, 15) is 4.79 Å². The van der Waals surface area contributed by atoms with E-state index in [1.807, 2.05) is 0 Å². The van der Waals surface area contributed by atoms with Gasteiger partial charge in [0.15, 0.2) is 0 Å². The molecule has 0 atom stereocenters. The fraction of sp³-hybridized carbons (Fsp3) is 0.500. The molecule has 1 amide bonds. The molecule has 0 bridgehead atoms. The van der Waals surface area contributed by atoms with Crippen LogP contribution in [0.25, 0.3) is 0 Å². The van der Waals surface area contributed by atoms with Crippen LogP contribution in [0.3, 0.4) is 0 Å². The molecule has 6 heteroatoms. The van der Waals surface area contributed by atoms with Crippen LogP contribution in [-0.4, -0.2) is 62.1 Å². The lowest BCUT2D eigenvalue weighted by molar-refractivity contribution is 0.0953. The Balaban J connectivity index is 1.73. The van der Waals surface area contributed by atoms with E-state index in [-0.39, 0.29) is 5.91 Å². The minimum atomic E-state index is -0.297. The van der Waals surface area contributed by atoms with Crippen molar-refractivity contribution in [3.8, 4) is 5.75 Å². The lowest BCUT2D eigenvalue weighted by Crippen LogP contribution is -2.45. The number of nitrogens with two attached hydrogens (primary N) is 1. The third kappa shape index (κ3) is 4.19. The van der Waals surface area contributed by atoms with Gasteiger partial charge in [-0.15, -0.1) is 0 Å². The van der Waals surface area contributed by atoms with Gasteiger partial charge in [-0.25, -0.2) is 5.84 Å². The van der Waals surface area contributed by atoms with Crippen LogP contribution in [-0.2, 0) is 0 Å². The highest BCUT2D eigenvalue weighted by Crippen LogP contribution is 2.12. The van der Waals surface area contributed by atoms with Crippen molar-refractivity contribution < 1.29 is 9.53 Å². The summed E-state index contributed by atoms with van der Waals surface area (Å²) in [6.45, 7) is 6.00. The Kier molecular flexibility index (Phi) is 5.34. The van der Waals surface area contributed by atoms with Crippen molar-refractivity contribution in [3.63, 3.8) is 0 Å². The molecule has 1 aromatic rings. The molecule has 20 heavy (non-hydrogen) atoms. The fourth-order valence-electron chi connectivity index (χ4n) is 2.15. The highest BCUT2D eigenvalue weighted by atomic mass is 16.5. The number of nitrogens with zero attached hydrogens (tertiary/aromatic N) is 2. The van der Waals surface area contributed by atoms with Gasteiger partial charge in [0.2, 0.25) is 0 Å². The summed E-state index contributed by atoms with van der Waals surface area (Å²) in [6.07, 6.45) is 0. The summed E-state index contributed by atoms with van der Waals surface area (Å²) in [7, 11) is 2.15. The second kappa shape index (κ2) is 7.23. The highest BCUT2D eigenvalue weighted by molar-refractivity contribution is 5.93. The van der Waals surface area contributed by atoms with E-state index >= 15 is 0 Å². The smallest absolute Gasteiger partial charge is 0.265 e. The van der Waals surface area contributed by atoms with E-state index in [2.05, 4.69) is 22.3 Å². The van der Waals surface area contributed by atoms with E-state index in [0.29, 0.717) is 12.2 Å². The van der Waals surface area contributed by atoms with Crippen LogP contribution in [0.15, 0.2) is 24.3 Å². The first-order chi connectivity index (χ1) is 9.69. The molecule has 0 aromatic heterocycles. The van der Waals surface area contributed by atoms with E-state index in [0.717, 1.165) is 38.5 Å². The predicted octanol–water partition coefficient (Wildman–Crippen LogP) is -0.0837. The van der Waals surface area contributed by atoms with Crippen LogP contribution >= 0.6 is 0 Å². The lowest BCUT2D eigenvalue weighted by Gasteiger charge is -2.32. The Hall–Kier alpha value is -1.63. The van der Waals surface area contributed by atoms with Gasteiger partial charge < -0.3 is 9.64 Å². The van der Waals surface area contributed by atoms with Gasteiger partial charge in [0.05, 0.1) is 0 Å². The van der Waals surface area contributed by atoms with Gasteiger partial charge in [-0.1, -0.05) is 0 Å². The molecule has 110 valence electrons. The molecule has 1 aliphatic heterocycles. The molecule has 1 saturated heterocycles. The number of carbonyl (C=O) groups is 1. The van der Waals surface area contributed by atoms with Crippen LogP contribution in [0.1, 0.15) is 10.4 Å². The Labute approximate surface area is 119 Å². The van der Waals surface area contributed by atoms with Crippen molar-refractivity contribution in [2.45, 2.75) is 0 Å². The number of amides is 1. The average molecular weight is 278 g/mol. The molecule has 3 N–H and O–H groups in total. The Morgan fingerprint density at radius 2 is 1.90 bits per heavy atom. The summed E-state index contributed by atoms with van der Waals surface area (Å²) in [5, 5.41) is 0. The molecular formula is C14H22N4O2. The molecule has 1 fully saturated rings. The molecule has 1 heterocycles. The third-order valence-electron chi connectivity index (χ3n) is 3.52. The molecule has 0 aliphatic carbocycles. The van der Waals surface area contributed by atoms with Gasteiger partial charge >= 0.3 is 0 Å². The summed E-state index contributed by atoms with van der Waals surface area (Å²) in [6, 6.07) is 6.98. The Morgan fingerprint density at radius 1 is 1.25 bits per heavy atom. The number of piperazine rings is 1. The number of carbonyl (C=O) groups excluding carboxylic acids is 1. The number of rotatable bonds is 5. The second-order valence-electron chi connectivity index (χ2n) is 4.99. The molecule has 0 radical (unpaired) electrons. The zero-order valence-electron chi connectivity index (χ0n) is 11.8. The number of benzene rings is 1. The molecule has 6 nitrogen and oxygen atoms in total. The van der Waals surface area contributed by atoms with Gasteiger partial charge in [0.25, 0.3) is 5.91 Å². The first-order valence-corrected chi connectivity index (χ1v) is 6.84. The minimum absolute atomic E-state index is 0.297. The van der Waals surface area contributed by atoms with Crippen molar-refractivity contribution in [2.75, 3.05) is 46.4 Å². The van der Waals surface area contributed by atoms with E-state index in [1.54, 1.807) is 24.3 Å². The lowest BCUT2D eigenvalue weighted by atomic mass is 10.2. The van der Waals surface area contributed by atoms with Gasteiger partial charge in [0.1, 0.15) is 12.4 Å². The summed E-state index contributed by atoms with van der Waals surface area (Å²) >= 11 is 0. The van der Waals surface area contributed by atoms with Gasteiger partial charge in [-0.05, 0) is 31.3 Å². The van der Waals surface area contributed by atoms with Crippen LogP contribution in [0.2, 0.25) is 0 Å². The van der Waals surface area contributed by atoms with Gasteiger partial charge in [0, 0.05) is 38.3 Å². The number of hydrazine groups is 1. The zero-order valence-corrected chi connectivity index (χ0v) is 11.8. The first kappa shape index (κ1) is 14.8. The maximum absolute atomic E-state index is 11.3. The van der Waals surface area contributed by atoms with Crippen LogP contribution < -0.4 is 16.0 Å². The minimum Gasteiger partial charge on any atom is -0.492 e. The molecule has 0 saturated carbocycles. The number of nitrogens with one attached hydrogen (secondary N) is 1. The van der Waals surface area contributed by atoms with Crippen molar-refractivity contribution in [1.29, 1.82) is 0 Å². The summed E-state index contributed by atoms with van der Waals surface area (Å²) in [5.41, 5.74) is 2.63. The Bertz CT molecular complexity index is 427. The highest BCUT2D eigenvalue weighted by Gasteiger charge is 2.13. The molecule has 0 spiro atoms. The zero-order chi connectivity index (χ0) is 14.4. The van der Waals surface area contributed by atoms with Gasteiger partial charge in [-0.3, -0.25) is 15.1 Å². The van der Waals surface area contributed by atoms with Crippen molar-refractivity contribution in [3.05, 3.63) is 29.8 Å². The van der Waals surface area contributed by atoms with Crippen LogP contribution in [0.5, 0.6) is 5.75 Å². The van der Waals surface area contributed by atoms with Crippen LogP contribution in [0, 0.1) is 0 Å². The quantitative estimate of drug-likeness (QED) is 0.448. The maximum atomic E-state index is 11.3. The topological polar surface area (TPSA) is 70.8 Å². The summed E-state index contributed by atoms with van der Waals surface area (Å²) in [4.78, 5) is 16.0. The number of nitrogen functional groups attached to an aromatic ring is 1. The Morgan fingerprint density at radius 3 is 2.50 bits per heavy atom. The maximum Gasteiger partial charge on any atom is 0.265 e. The van der Waals surface area contributed by atoms with Gasteiger partial charge in [-0.2, -0.15) is 0 Å². The third-order valence-corrected chi connectivity index (χ3v) is 3.52. The monoisotopic (exact) mass is 278 g/mol. The number of likely N-dealkylation sites (N-methyl/N-ethyl adjacent to an activating group) is 1. The fourth-order valence-corrected chi connectivity index (χ4v) is 2.15. The summed E-state index contributed by atoms with van der Waals surface area (Å²) < 4.78 is 5.69. The number of hydrogen-bond acceptors (Lipinski definition) is 5.